The Morgan fingerprint density at radius 1 is 1.33 bits per heavy atom. The Labute approximate surface area is 106 Å². The van der Waals surface area contributed by atoms with Crippen molar-refractivity contribution in [3.05, 3.63) is 0 Å². The molecule has 2 N–H and O–H groups in total. The van der Waals surface area contributed by atoms with Gasteiger partial charge in [0.05, 0.1) is 13.5 Å². The van der Waals surface area contributed by atoms with Gasteiger partial charge in [-0.1, -0.05) is 13.8 Å². The van der Waals surface area contributed by atoms with Crippen molar-refractivity contribution in [3.63, 3.8) is 0 Å². The van der Waals surface area contributed by atoms with Crippen LogP contribution in [0.1, 0.15) is 46.0 Å². The van der Waals surface area contributed by atoms with Gasteiger partial charge in [-0.2, -0.15) is 13.2 Å². The van der Waals surface area contributed by atoms with Crippen LogP contribution in [0.25, 0.3) is 0 Å². The molecule has 0 bridgehead atoms. The van der Waals surface area contributed by atoms with Crippen LogP contribution >= 0.6 is 0 Å². The Morgan fingerprint density at radius 2 is 1.89 bits per heavy atom. The summed E-state index contributed by atoms with van der Waals surface area (Å²) >= 11 is 0. The van der Waals surface area contributed by atoms with E-state index in [9.17, 15) is 18.0 Å². The average molecular weight is 269 g/mol. The molecular formula is C12H22F3NO2. The van der Waals surface area contributed by atoms with Crippen LogP contribution in [-0.2, 0) is 9.53 Å². The zero-order chi connectivity index (χ0) is 14.4. The smallest absolute Gasteiger partial charge is 0.389 e. The SMILES string of the molecule is CCC(N)C(C)(CCCC(F)(F)F)CC(=O)OC. The van der Waals surface area contributed by atoms with Gasteiger partial charge in [-0.3, -0.25) is 4.79 Å². The van der Waals surface area contributed by atoms with E-state index in [1.54, 1.807) is 6.92 Å². The minimum absolute atomic E-state index is 0.0231. The Bertz CT molecular complexity index is 269. The highest BCUT2D eigenvalue weighted by atomic mass is 19.4. The molecule has 2 unspecified atom stereocenters. The van der Waals surface area contributed by atoms with Gasteiger partial charge in [0, 0.05) is 12.5 Å². The molecule has 3 nitrogen and oxygen atoms in total. The molecule has 6 heteroatoms. The number of ether oxygens (including phenoxy) is 1. The summed E-state index contributed by atoms with van der Waals surface area (Å²) in [6, 6.07) is -0.315. The molecular weight excluding hydrogens is 247 g/mol. The highest BCUT2D eigenvalue weighted by Crippen LogP contribution is 2.35. The molecule has 0 rings (SSSR count). The lowest BCUT2D eigenvalue weighted by Gasteiger charge is -2.34. The number of nitrogens with two attached hydrogens (primary N) is 1. The zero-order valence-electron chi connectivity index (χ0n) is 11.1. The number of alkyl halides is 3. The summed E-state index contributed by atoms with van der Waals surface area (Å²) in [5.41, 5.74) is 5.27. The van der Waals surface area contributed by atoms with Crippen molar-refractivity contribution in [3.8, 4) is 0 Å². The Hall–Kier alpha value is -0.780. The second kappa shape index (κ2) is 6.97. The summed E-state index contributed by atoms with van der Waals surface area (Å²) in [6.45, 7) is 3.60. The minimum atomic E-state index is -4.16. The fourth-order valence-corrected chi connectivity index (χ4v) is 1.99. The van der Waals surface area contributed by atoms with E-state index in [-0.39, 0.29) is 25.3 Å². The molecule has 0 spiro atoms. The maximum Gasteiger partial charge on any atom is 0.389 e. The first-order chi connectivity index (χ1) is 8.14. The maximum absolute atomic E-state index is 12.1. The monoisotopic (exact) mass is 269 g/mol. The lowest BCUT2D eigenvalue weighted by Crippen LogP contribution is -2.41. The van der Waals surface area contributed by atoms with Crippen LogP contribution in [0.3, 0.4) is 0 Å². The predicted molar refractivity (Wildman–Crippen MR) is 62.9 cm³/mol. The number of esters is 1. The zero-order valence-corrected chi connectivity index (χ0v) is 11.1. The molecule has 0 amide bonds. The van der Waals surface area contributed by atoms with Crippen LogP contribution in [0, 0.1) is 5.41 Å². The molecule has 0 aliphatic heterocycles. The largest absolute Gasteiger partial charge is 0.469 e. The number of rotatable bonds is 7. The lowest BCUT2D eigenvalue weighted by molar-refractivity contribution is -0.144. The van der Waals surface area contributed by atoms with E-state index in [0.29, 0.717) is 6.42 Å². The summed E-state index contributed by atoms with van der Waals surface area (Å²) in [4.78, 5) is 11.3. The van der Waals surface area contributed by atoms with E-state index in [4.69, 9.17) is 5.73 Å². The van der Waals surface area contributed by atoms with Crippen molar-refractivity contribution in [1.29, 1.82) is 0 Å². The average Bonchev–Trinajstić information content (AvgIpc) is 2.25. The van der Waals surface area contributed by atoms with Gasteiger partial charge in [-0.05, 0) is 24.7 Å². The van der Waals surface area contributed by atoms with Gasteiger partial charge < -0.3 is 10.5 Å². The normalized spacial score (nSPS) is 17.1. The third-order valence-corrected chi connectivity index (χ3v) is 3.32. The predicted octanol–water partition coefficient (Wildman–Crippen LogP) is 3.03. The molecule has 2 atom stereocenters. The van der Waals surface area contributed by atoms with Gasteiger partial charge in [0.2, 0.25) is 0 Å². The van der Waals surface area contributed by atoms with Crippen molar-refractivity contribution in [2.45, 2.75) is 58.2 Å². The molecule has 18 heavy (non-hydrogen) atoms. The number of carbonyl (C=O) groups excluding carboxylic acids is 1. The van der Waals surface area contributed by atoms with Gasteiger partial charge in [0.15, 0.2) is 0 Å². The van der Waals surface area contributed by atoms with Crippen LogP contribution in [0.15, 0.2) is 0 Å². The van der Waals surface area contributed by atoms with E-state index in [2.05, 4.69) is 4.74 Å². The van der Waals surface area contributed by atoms with Gasteiger partial charge in [-0.25, -0.2) is 0 Å². The Morgan fingerprint density at radius 3 is 2.28 bits per heavy atom. The second-order valence-electron chi connectivity index (χ2n) is 4.89. The molecule has 0 aliphatic carbocycles. The molecule has 0 radical (unpaired) electrons. The van der Waals surface area contributed by atoms with E-state index < -0.39 is 24.0 Å². The van der Waals surface area contributed by atoms with Crippen molar-refractivity contribution in [2.24, 2.45) is 11.1 Å². The number of hydrogen-bond donors (Lipinski definition) is 1. The molecule has 108 valence electrons. The van der Waals surface area contributed by atoms with Crippen LogP contribution in [0.2, 0.25) is 0 Å². The van der Waals surface area contributed by atoms with Crippen LogP contribution < -0.4 is 5.73 Å². The second-order valence-corrected chi connectivity index (χ2v) is 4.89. The van der Waals surface area contributed by atoms with E-state index in [1.165, 1.54) is 7.11 Å². The third-order valence-electron chi connectivity index (χ3n) is 3.32. The number of halogens is 3. The molecule has 0 saturated heterocycles. The van der Waals surface area contributed by atoms with Crippen LogP contribution in [0.5, 0.6) is 0 Å². The summed E-state index contributed by atoms with van der Waals surface area (Å²) in [5, 5.41) is 0. The van der Waals surface area contributed by atoms with Crippen molar-refractivity contribution >= 4 is 5.97 Å². The molecule has 0 fully saturated rings. The quantitative estimate of drug-likeness (QED) is 0.723. The molecule has 0 aliphatic rings. The number of methoxy groups -OCH3 is 1. The summed E-state index contributed by atoms with van der Waals surface area (Å²) in [5.74, 6) is -0.437. The maximum atomic E-state index is 12.1. The van der Waals surface area contributed by atoms with E-state index >= 15 is 0 Å². The first-order valence-corrected chi connectivity index (χ1v) is 6.04. The topological polar surface area (TPSA) is 52.3 Å². The summed E-state index contributed by atoms with van der Waals surface area (Å²) in [7, 11) is 1.26. The molecule has 0 saturated carbocycles. The highest BCUT2D eigenvalue weighted by Gasteiger charge is 2.35. The Kier molecular flexibility index (Phi) is 6.67. The van der Waals surface area contributed by atoms with Gasteiger partial charge >= 0.3 is 12.1 Å². The molecule has 0 aromatic heterocycles. The van der Waals surface area contributed by atoms with E-state index in [1.807, 2.05) is 6.92 Å². The lowest BCUT2D eigenvalue weighted by atomic mass is 9.74. The van der Waals surface area contributed by atoms with Crippen molar-refractivity contribution < 1.29 is 22.7 Å². The summed E-state index contributed by atoms with van der Waals surface area (Å²) < 4.78 is 40.9. The minimum Gasteiger partial charge on any atom is -0.469 e. The van der Waals surface area contributed by atoms with Crippen molar-refractivity contribution in [1.82, 2.24) is 0 Å². The van der Waals surface area contributed by atoms with Crippen LogP contribution in [0.4, 0.5) is 13.2 Å². The molecule has 0 aromatic carbocycles. The first kappa shape index (κ1) is 17.2. The fourth-order valence-electron chi connectivity index (χ4n) is 1.99. The Balaban J connectivity index is 4.53. The van der Waals surface area contributed by atoms with Gasteiger partial charge in [0.25, 0.3) is 0 Å². The highest BCUT2D eigenvalue weighted by molar-refractivity contribution is 5.70. The van der Waals surface area contributed by atoms with E-state index in [0.717, 1.165) is 0 Å². The fraction of sp³-hybridized carbons (Fsp3) is 0.917. The third kappa shape index (κ3) is 6.23. The number of hydrogen-bond acceptors (Lipinski definition) is 3. The first-order valence-electron chi connectivity index (χ1n) is 6.04. The van der Waals surface area contributed by atoms with Gasteiger partial charge in [-0.15, -0.1) is 0 Å². The molecule has 0 heterocycles. The summed E-state index contributed by atoms with van der Waals surface area (Å²) in [6.07, 6.45) is -4.11. The van der Waals surface area contributed by atoms with Crippen LogP contribution in [-0.4, -0.2) is 25.3 Å². The standard InChI is InChI=1S/C12H22F3NO2/c1-4-9(16)11(2,8-10(17)18-3)6-5-7-12(13,14)15/h9H,4-8,16H2,1-3H3. The molecule has 0 aromatic rings. The van der Waals surface area contributed by atoms with Gasteiger partial charge in [0.1, 0.15) is 0 Å². The van der Waals surface area contributed by atoms with Crippen molar-refractivity contribution in [2.75, 3.05) is 7.11 Å². The number of carbonyl (C=O) groups is 1.